The van der Waals surface area contributed by atoms with E-state index in [0.717, 1.165) is 11.5 Å². The van der Waals surface area contributed by atoms with Crippen molar-refractivity contribution >= 4 is 23.1 Å². The third kappa shape index (κ3) is 2.19. The first kappa shape index (κ1) is 8.00. The number of H-pyrrole nitrogens is 1. The number of rotatable bonds is 1. The van der Waals surface area contributed by atoms with Crippen LogP contribution in [0.2, 0.25) is 0 Å². The van der Waals surface area contributed by atoms with Gasteiger partial charge < -0.3 is 10.6 Å². The van der Waals surface area contributed by atoms with E-state index >= 15 is 0 Å². The molecule has 1 heterocycles. The Bertz CT molecular complexity index is 255. The van der Waals surface area contributed by atoms with E-state index in [2.05, 4.69) is 20.8 Å². The Morgan fingerprint density at radius 1 is 1.73 bits per heavy atom. The summed E-state index contributed by atoms with van der Waals surface area (Å²) in [4.78, 5) is 0. The average molecular weight is 170 g/mol. The van der Waals surface area contributed by atoms with Crippen LogP contribution < -0.4 is 10.6 Å². The first-order valence-corrected chi connectivity index (χ1v) is 3.64. The van der Waals surface area contributed by atoms with E-state index in [1.54, 1.807) is 7.05 Å². The maximum absolute atomic E-state index is 4.87. The minimum Gasteiger partial charge on any atom is -0.365 e. The summed E-state index contributed by atoms with van der Waals surface area (Å²) in [6, 6.07) is 1.88. The molecule has 0 saturated carbocycles. The normalized spacial score (nSPS) is 9.27. The molecule has 60 valence electrons. The van der Waals surface area contributed by atoms with E-state index < -0.39 is 0 Å². The highest BCUT2D eigenvalue weighted by Gasteiger charge is 1.97. The Kier molecular flexibility index (Phi) is 2.43. The maximum Gasteiger partial charge on any atom is 0.171 e. The van der Waals surface area contributed by atoms with Crippen LogP contribution in [0.5, 0.6) is 0 Å². The van der Waals surface area contributed by atoms with Crippen LogP contribution in [0.4, 0.5) is 5.82 Å². The van der Waals surface area contributed by atoms with E-state index in [1.807, 2.05) is 13.0 Å². The predicted molar refractivity (Wildman–Crippen MR) is 48.6 cm³/mol. The lowest BCUT2D eigenvalue weighted by molar-refractivity contribution is 1.05. The summed E-state index contributed by atoms with van der Waals surface area (Å²) in [5, 5.41) is 13.0. The molecule has 0 aliphatic rings. The molecule has 0 unspecified atom stereocenters. The molecule has 0 fully saturated rings. The second-order valence-electron chi connectivity index (χ2n) is 2.14. The van der Waals surface area contributed by atoms with Gasteiger partial charge in [0.25, 0.3) is 0 Å². The molecule has 5 heteroatoms. The summed E-state index contributed by atoms with van der Waals surface area (Å²) in [5.74, 6) is 0.738. The fraction of sp³-hybridized carbons (Fsp3) is 0.333. The van der Waals surface area contributed by atoms with Crippen molar-refractivity contribution < 1.29 is 0 Å². The number of aryl methyl sites for hydroxylation is 1. The van der Waals surface area contributed by atoms with Crippen LogP contribution in [-0.2, 0) is 0 Å². The number of nitrogens with zero attached hydrogens (tertiary/aromatic N) is 1. The molecule has 0 bridgehead atoms. The van der Waals surface area contributed by atoms with E-state index in [4.69, 9.17) is 12.2 Å². The van der Waals surface area contributed by atoms with Crippen molar-refractivity contribution in [2.75, 3.05) is 12.4 Å². The molecule has 0 aromatic carbocycles. The number of thiocarbonyl (C=S) groups is 1. The fourth-order valence-electron chi connectivity index (χ4n) is 0.661. The van der Waals surface area contributed by atoms with Crippen molar-refractivity contribution in [2.24, 2.45) is 0 Å². The largest absolute Gasteiger partial charge is 0.365 e. The summed E-state index contributed by atoms with van der Waals surface area (Å²) in [5.41, 5.74) is 1.01. The summed E-state index contributed by atoms with van der Waals surface area (Å²) >= 11 is 4.87. The Hall–Kier alpha value is -1.10. The molecule has 0 saturated heterocycles. The van der Waals surface area contributed by atoms with Crippen LogP contribution in [0.25, 0.3) is 0 Å². The van der Waals surface area contributed by atoms with E-state index in [9.17, 15) is 0 Å². The molecule has 0 spiro atoms. The van der Waals surface area contributed by atoms with Gasteiger partial charge in [-0.3, -0.25) is 5.10 Å². The minimum atomic E-state index is 0.566. The topological polar surface area (TPSA) is 52.7 Å². The number of nitrogens with one attached hydrogen (secondary N) is 3. The zero-order chi connectivity index (χ0) is 8.27. The van der Waals surface area contributed by atoms with Gasteiger partial charge in [-0.15, -0.1) is 0 Å². The number of anilines is 1. The van der Waals surface area contributed by atoms with Crippen molar-refractivity contribution in [3.8, 4) is 0 Å². The third-order valence-corrected chi connectivity index (χ3v) is 1.48. The lowest BCUT2D eigenvalue weighted by Crippen LogP contribution is -2.24. The molecular formula is C6H10N4S. The molecule has 11 heavy (non-hydrogen) atoms. The van der Waals surface area contributed by atoms with E-state index in [1.165, 1.54) is 0 Å². The van der Waals surface area contributed by atoms with Gasteiger partial charge in [0.15, 0.2) is 10.9 Å². The molecule has 1 rings (SSSR count). The summed E-state index contributed by atoms with van der Waals surface area (Å²) < 4.78 is 0. The molecular weight excluding hydrogens is 160 g/mol. The zero-order valence-electron chi connectivity index (χ0n) is 6.43. The van der Waals surface area contributed by atoms with Crippen molar-refractivity contribution in [2.45, 2.75) is 6.92 Å². The van der Waals surface area contributed by atoms with Gasteiger partial charge in [-0.2, -0.15) is 5.10 Å². The highest BCUT2D eigenvalue weighted by Crippen LogP contribution is 2.02. The van der Waals surface area contributed by atoms with Crippen molar-refractivity contribution in [1.29, 1.82) is 0 Å². The first-order valence-electron chi connectivity index (χ1n) is 3.23. The fourth-order valence-corrected chi connectivity index (χ4v) is 0.765. The molecule has 0 aliphatic heterocycles. The Morgan fingerprint density at radius 3 is 2.91 bits per heavy atom. The minimum absolute atomic E-state index is 0.566. The molecule has 4 nitrogen and oxygen atoms in total. The van der Waals surface area contributed by atoms with Crippen LogP contribution in [0, 0.1) is 6.92 Å². The number of aromatic amines is 1. The van der Waals surface area contributed by atoms with Crippen molar-refractivity contribution in [3.05, 3.63) is 11.8 Å². The predicted octanol–water partition coefficient (Wildman–Crippen LogP) is 0.634. The van der Waals surface area contributed by atoms with Gasteiger partial charge >= 0.3 is 0 Å². The van der Waals surface area contributed by atoms with Crippen LogP contribution in [-0.4, -0.2) is 22.4 Å². The molecule has 0 radical (unpaired) electrons. The maximum atomic E-state index is 4.87. The smallest absolute Gasteiger partial charge is 0.171 e. The third-order valence-electron chi connectivity index (χ3n) is 1.17. The van der Waals surface area contributed by atoms with E-state index in [-0.39, 0.29) is 0 Å². The van der Waals surface area contributed by atoms with Gasteiger partial charge in [0, 0.05) is 18.8 Å². The van der Waals surface area contributed by atoms with Gasteiger partial charge in [0.2, 0.25) is 0 Å². The average Bonchev–Trinajstić information content (AvgIpc) is 2.35. The number of aromatic nitrogens is 2. The molecule has 1 aromatic rings. The Labute approximate surface area is 70.4 Å². The lowest BCUT2D eigenvalue weighted by Gasteiger charge is -2.01. The Balaban J connectivity index is 2.57. The van der Waals surface area contributed by atoms with Gasteiger partial charge in [0.05, 0.1) is 0 Å². The number of hydrogen-bond donors (Lipinski definition) is 3. The van der Waals surface area contributed by atoms with Gasteiger partial charge in [0.1, 0.15) is 0 Å². The van der Waals surface area contributed by atoms with Crippen molar-refractivity contribution in [1.82, 2.24) is 15.5 Å². The highest BCUT2D eigenvalue weighted by molar-refractivity contribution is 7.80. The van der Waals surface area contributed by atoms with Gasteiger partial charge in [-0.05, 0) is 19.1 Å². The highest BCUT2D eigenvalue weighted by atomic mass is 32.1. The second kappa shape index (κ2) is 3.34. The zero-order valence-corrected chi connectivity index (χ0v) is 7.25. The van der Waals surface area contributed by atoms with Crippen molar-refractivity contribution in [3.63, 3.8) is 0 Å². The monoisotopic (exact) mass is 170 g/mol. The second-order valence-corrected chi connectivity index (χ2v) is 2.55. The van der Waals surface area contributed by atoms with Gasteiger partial charge in [-0.1, -0.05) is 0 Å². The first-order chi connectivity index (χ1) is 5.22. The molecule has 0 amide bonds. The SMILES string of the molecule is CNC(=S)Nc1cc(C)[nH]n1. The van der Waals surface area contributed by atoms with Gasteiger partial charge in [-0.25, -0.2) is 0 Å². The van der Waals surface area contributed by atoms with E-state index in [0.29, 0.717) is 5.11 Å². The molecule has 0 atom stereocenters. The molecule has 0 aliphatic carbocycles. The summed E-state index contributed by atoms with van der Waals surface area (Å²) in [6.07, 6.45) is 0. The quantitative estimate of drug-likeness (QED) is 0.541. The summed E-state index contributed by atoms with van der Waals surface area (Å²) in [6.45, 7) is 1.93. The molecule has 3 N–H and O–H groups in total. The van der Waals surface area contributed by atoms with Crippen LogP contribution in [0.1, 0.15) is 5.69 Å². The molecule has 1 aromatic heterocycles. The standard InChI is InChI=1S/C6H10N4S/c1-4-3-5(10-9-4)8-6(11)7-2/h3H,1-2H3,(H3,7,8,9,10,11). The van der Waals surface area contributed by atoms with Crippen LogP contribution in [0.3, 0.4) is 0 Å². The van der Waals surface area contributed by atoms with Crippen LogP contribution in [0.15, 0.2) is 6.07 Å². The summed E-state index contributed by atoms with van der Waals surface area (Å²) in [7, 11) is 1.76. The Morgan fingerprint density at radius 2 is 2.45 bits per heavy atom. The van der Waals surface area contributed by atoms with Crippen LogP contribution >= 0.6 is 12.2 Å². The lowest BCUT2D eigenvalue weighted by atomic mass is 10.5. The number of hydrogen-bond acceptors (Lipinski definition) is 2.